The van der Waals surface area contributed by atoms with Gasteiger partial charge in [0, 0.05) is 11.6 Å². The summed E-state index contributed by atoms with van der Waals surface area (Å²) in [7, 11) is 6.45. The van der Waals surface area contributed by atoms with Gasteiger partial charge < -0.3 is 4.98 Å². The summed E-state index contributed by atoms with van der Waals surface area (Å²) in [6, 6.07) is 0. The van der Waals surface area contributed by atoms with Gasteiger partial charge in [0.15, 0.2) is 0 Å². The Kier molecular flexibility index (Phi) is 2.89. The van der Waals surface area contributed by atoms with Crippen molar-refractivity contribution in [3.8, 4) is 0 Å². The molecule has 1 heterocycles. The van der Waals surface area contributed by atoms with Crippen LogP contribution in [0.25, 0.3) is 0 Å². The summed E-state index contributed by atoms with van der Waals surface area (Å²) in [5.41, 5.74) is 2.51. The molecule has 16 heavy (non-hydrogen) atoms. The van der Waals surface area contributed by atoms with Gasteiger partial charge in [0.05, 0.1) is 13.5 Å². The molecule has 86 valence electrons. The first-order chi connectivity index (χ1) is 7.42. The highest BCUT2D eigenvalue weighted by atomic mass is 14.9. The fourth-order valence-corrected chi connectivity index (χ4v) is 2.36. The Morgan fingerprint density at radius 1 is 1.31 bits per heavy atom. The average molecular weight is 216 g/mol. The third kappa shape index (κ3) is 1.92. The smallest absolute Gasteiger partial charge is 0.109 e. The van der Waals surface area contributed by atoms with Crippen LogP contribution < -0.4 is 0 Å². The molecule has 0 spiro atoms. The number of fused-ring (bicyclic) bond motifs is 1. The van der Waals surface area contributed by atoms with E-state index in [0.29, 0.717) is 11.8 Å². The molecule has 0 saturated carbocycles. The van der Waals surface area contributed by atoms with Crippen molar-refractivity contribution in [1.29, 1.82) is 0 Å². The minimum atomic E-state index is -0.0478. The molecule has 2 rings (SSSR count). The van der Waals surface area contributed by atoms with Gasteiger partial charge >= 0.3 is 0 Å². The molecule has 0 aromatic carbocycles. The van der Waals surface area contributed by atoms with Crippen molar-refractivity contribution in [2.24, 2.45) is 5.92 Å². The molecule has 2 nitrogen and oxygen atoms in total. The summed E-state index contributed by atoms with van der Waals surface area (Å²) >= 11 is 0. The number of rotatable bonds is 2. The first-order valence-corrected chi connectivity index (χ1v) is 6.29. The van der Waals surface area contributed by atoms with Crippen molar-refractivity contribution < 1.29 is 0 Å². The van der Waals surface area contributed by atoms with Gasteiger partial charge in [0.1, 0.15) is 5.82 Å². The van der Waals surface area contributed by atoms with Crippen molar-refractivity contribution in [2.75, 3.05) is 0 Å². The number of hydrogen-bond acceptors (Lipinski definition) is 1. The predicted octanol–water partition coefficient (Wildman–Crippen LogP) is 3.01. The first-order valence-electron chi connectivity index (χ1n) is 6.29. The lowest BCUT2D eigenvalue weighted by Gasteiger charge is -2.37. The molecule has 1 unspecified atom stereocenters. The lowest BCUT2D eigenvalue weighted by atomic mass is 9.55. The maximum absolute atomic E-state index is 6.45. The minimum absolute atomic E-state index is 0.0478. The Balaban J connectivity index is 2.27. The summed E-state index contributed by atoms with van der Waals surface area (Å²) in [5, 5.41) is -0.0478. The number of hydrogen-bond donors (Lipinski definition) is 1. The van der Waals surface area contributed by atoms with Crippen molar-refractivity contribution >= 4 is 7.85 Å². The van der Waals surface area contributed by atoms with Crippen molar-refractivity contribution in [1.82, 2.24) is 9.97 Å². The van der Waals surface area contributed by atoms with E-state index >= 15 is 0 Å². The molecular formula is C13H21BN2. The fraction of sp³-hybridized carbons (Fsp3) is 0.769. The maximum Gasteiger partial charge on any atom is 0.109 e. The maximum atomic E-state index is 6.45. The summed E-state index contributed by atoms with van der Waals surface area (Å²) < 4.78 is 0. The second kappa shape index (κ2) is 3.94. The van der Waals surface area contributed by atoms with Crippen LogP contribution in [0.2, 0.25) is 5.31 Å². The molecule has 1 aliphatic carbocycles. The third-order valence-corrected chi connectivity index (χ3v) is 3.91. The molecule has 0 aliphatic heterocycles. The van der Waals surface area contributed by atoms with Gasteiger partial charge in [-0.05, 0) is 25.2 Å². The number of nitrogens with zero attached hydrogens (tertiary/aromatic N) is 1. The Morgan fingerprint density at radius 3 is 2.56 bits per heavy atom. The second-order valence-corrected chi connectivity index (χ2v) is 5.77. The third-order valence-electron chi connectivity index (χ3n) is 3.91. The number of imidazole rings is 1. The van der Waals surface area contributed by atoms with Crippen LogP contribution >= 0.6 is 0 Å². The number of nitrogens with one attached hydrogen (secondary N) is 1. The van der Waals surface area contributed by atoms with E-state index in [1.807, 2.05) is 0 Å². The Morgan fingerprint density at radius 2 is 2.00 bits per heavy atom. The SMILES string of the molecule is [B]C1(C(C)C)CCc2nc(C(C)C)[nH]c2C1. The van der Waals surface area contributed by atoms with Crippen LogP contribution in [0, 0.1) is 5.92 Å². The minimum Gasteiger partial charge on any atom is -0.345 e. The zero-order chi connectivity index (χ0) is 11.9. The predicted molar refractivity (Wildman–Crippen MR) is 68.0 cm³/mol. The molecule has 1 N–H and O–H groups in total. The van der Waals surface area contributed by atoms with Gasteiger partial charge in [-0.1, -0.05) is 33.0 Å². The molecule has 0 amide bonds. The normalized spacial score (nSPS) is 25.1. The molecule has 1 aromatic rings. The lowest BCUT2D eigenvalue weighted by Crippen LogP contribution is -2.27. The van der Waals surface area contributed by atoms with E-state index in [1.54, 1.807) is 0 Å². The quantitative estimate of drug-likeness (QED) is 0.756. The molecule has 1 aromatic heterocycles. The van der Waals surface area contributed by atoms with Gasteiger partial charge in [0.25, 0.3) is 0 Å². The molecule has 0 bridgehead atoms. The van der Waals surface area contributed by atoms with Crippen LogP contribution in [0.4, 0.5) is 0 Å². The number of H-pyrrole nitrogens is 1. The Labute approximate surface area is 99.7 Å². The van der Waals surface area contributed by atoms with Crippen LogP contribution in [0.1, 0.15) is 57.2 Å². The number of aromatic nitrogens is 2. The molecule has 2 radical (unpaired) electrons. The molecule has 3 heteroatoms. The lowest BCUT2D eigenvalue weighted by molar-refractivity contribution is 0.362. The van der Waals surface area contributed by atoms with Crippen LogP contribution in [-0.2, 0) is 12.8 Å². The van der Waals surface area contributed by atoms with Gasteiger partial charge in [-0.3, -0.25) is 0 Å². The van der Waals surface area contributed by atoms with Crippen LogP contribution in [0.5, 0.6) is 0 Å². The first kappa shape index (κ1) is 11.8. The van der Waals surface area contributed by atoms with E-state index in [0.717, 1.165) is 25.1 Å². The van der Waals surface area contributed by atoms with Gasteiger partial charge in [0.2, 0.25) is 0 Å². The zero-order valence-electron chi connectivity index (χ0n) is 10.8. The van der Waals surface area contributed by atoms with Gasteiger partial charge in [-0.2, -0.15) is 0 Å². The van der Waals surface area contributed by atoms with E-state index in [2.05, 4.69) is 37.7 Å². The Hall–Kier alpha value is -0.725. The van der Waals surface area contributed by atoms with E-state index in [9.17, 15) is 0 Å². The second-order valence-electron chi connectivity index (χ2n) is 5.77. The molecule has 1 aliphatic rings. The summed E-state index contributed by atoms with van der Waals surface area (Å²) in [6.07, 6.45) is 3.02. The van der Waals surface area contributed by atoms with Crippen LogP contribution in [0.15, 0.2) is 0 Å². The molecule has 1 atom stereocenters. The topological polar surface area (TPSA) is 28.7 Å². The van der Waals surface area contributed by atoms with Crippen LogP contribution in [-0.4, -0.2) is 17.8 Å². The summed E-state index contributed by atoms with van der Waals surface area (Å²) in [4.78, 5) is 8.12. The van der Waals surface area contributed by atoms with E-state index < -0.39 is 0 Å². The largest absolute Gasteiger partial charge is 0.345 e. The van der Waals surface area contributed by atoms with Crippen molar-refractivity contribution in [2.45, 2.75) is 58.2 Å². The zero-order valence-corrected chi connectivity index (χ0v) is 10.8. The highest BCUT2D eigenvalue weighted by Gasteiger charge is 2.34. The fourth-order valence-electron chi connectivity index (χ4n) is 2.36. The van der Waals surface area contributed by atoms with E-state index in [4.69, 9.17) is 7.85 Å². The summed E-state index contributed by atoms with van der Waals surface area (Å²) in [6.45, 7) is 8.76. The van der Waals surface area contributed by atoms with E-state index in [-0.39, 0.29) is 5.31 Å². The van der Waals surface area contributed by atoms with Crippen molar-refractivity contribution in [3.05, 3.63) is 17.2 Å². The Bertz CT molecular complexity index is 381. The van der Waals surface area contributed by atoms with Gasteiger partial charge in [-0.25, -0.2) is 4.98 Å². The van der Waals surface area contributed by atoms with Crippen molar-refractivity contribution in [3.63, 3.8) is 0 Å². The molecule has 0 saturated heterocycles. The van der Waals surface area contributed by atoms with Crippen LogP contribution in [0.3, 0.4) is 0 Å². The standard InChI is InChI=1S/C13H21BN2/c1-8(2)12-15-10-5-6-13(14,9(3)4)7-11(10)16-12/h8-9H,5-7H2,1-4H3,(H,15,16). The highest BCUT2D eigenvalue weighted by molar-refractivity contribution is 6.15. The number of aromatic amines is 1. The van der Waals surface area contributed by atoms with Gasteiger partial charge in [-0.15, -0.1) is 0 Å². The highest BCUT2D eigenvalue weighted by Crippen LogP contribution is 2.44. The monoisotopic (exact) mass is 216 g/mol. The van der Waals surface area contributed by atoms with E-state index in [1.165, 1.54) is 11.4 Å². The molecule has 0 fully saturated rings. The molecular weight excluding hydrogens is 195 g/mol. The summed E-state index contributed by atoms with van der Waals surface area (Å²) in [5.74, 6) is 2.10. The number of aryl methyl sites for hydroxylation is 1. The average Bonchev–Trinajstić information content (AvgIpc) is 2.60.